The zero-order valence-electron chi connectivity index (χ0n) is 10.7. The minimum absolute atomic E-state index is 0.197. The van der Waals surface area contributed by atoms with Crippen molar-refractivity contribution in [3.8, 4) is 0 Å². The van der Waals surface area contributed by atoms with Crippen LogP contribution in [0.3, 0.4) is 0 Å². The van der Waals surface area contributed by atoms with Crippen LogP contribution in [0.2, 0.25) is 0 Å². The molecule has 1 atom stereocenters. The summed E-state index contributed by atoms with van der Waals surface area (Å²) in [7, 11) is 0. The summed E-state index contributed by atoms with van der Waals surface area (Å²) in [6.07, 6.45) is 0.486. The highest BCUT2D eigenvalue weighted by atomic mass is 16.5. The number of benzene rings is 1. The lowest BCUT2D eigenvalue weighted by molar-refractivity contribution is -0.154. The van der Waals surface area contributed by atoms with E-state index < -0.39 is 24.3 Å². The van der Waals surface area contributed by atoms with E-state index in [1.54, 1.807) is 24.3 Å². The largest absolute Gasteiger partial charge is 0.480 e. The smallest absolute Gasteiger partial charge is 0.322 e. The van der Waals surface area contributed by atoms with Crippen LogP contribution in [0.4, 0.5) is 0 Å². The van der Waals surface area contributed by atoms with Crippen LogP contribution in [0.5, 0.6) is 0 Å². The zero-order chi connectivity index (χ0) is 15.0. The summed E-state index contributed by atoms with van der Waals surface area (Å²) < 4.78 is 0. The number of nitrogens with one attached hydrogen (secondary N) is 1. The maximum atomic E-state index is 11.9. The second kappa shape index (κ2) is 7.90. The fourth-order valence-electron chi connectivity index (χ4n) is 1.71. The molecule has 0 spiro atoms. The van der Waals surface area contributed by atoms with Crippen molar-refractivity contribution in [3.05, 3.63) is 35.9 Å². The standard InChI is InChI=1S/C13H16N2O5/c16-9-15(20)8-11(13(19)14-7-12(17)18)6-10-4-2-1-3-5-10/h1-5,9,11,20H,6-8H2,(H,14,19)(H,17,18). The Bertz CT molecular complexity index is 463. The van der Waals surface area contributed by atoms with Gasteiger partial charge in [-0.05, 0) is 12.0 Å². The van der Waals surface area contributed by atoms with Gasteiger partial charge >= 0.3 is 5.97 Å². The first kappa shape index (κ1) is 15.6. The van der Waals surface area contributed by atoms with Crippen molar-refractivity contribution in [1.82, 2.24) is 10.4 Å². The molecule has 0 aliphatic carbocycles. The monoisotopic (exact) mass is 280 g/mol. The molecule has 0 saturated carbocycles. The average Bonchev–Trinajstić information content (AvgIpc) is 2.44. The third-order valence-corrected chi connectivity index (χ3v) is 2.64. The third-order valence-electron chi connectivity index (χ3n) is 2.64. The molecule has 7 heteroatoms. The van der Waals surface area contributed by atoms with Gasteiger partial charge in [0.25, 0.3) is 0 Å². The Kier molecular flexibility index (Phi) is 6.18. The molecule has 0 aliphatic heterocycles. The van der Waals surface area contributed by atoms with Crippen molar-refractivity contribution >= 4 is 18.3 Å². The van der Waals surface area contributed by atoms with Gasteiger partial charge in [0.05, 0.1) is 12.5 Å². The molecule has 0 saturated heterocycles. The number of aliphatic carboxylic acids is 1. The van der Waals surface area contributed by atoms with Gasteiger partial charge in [0, 0.05) is 0 Å². The minimum atomic E-state index is -1.16. The topological polar surface area (TPSA) is 107 Å². The van der Waals surface area contributed by atoms with E-state index in [1.165, 1.54) is 0 Å². The minimum Gasteiger partial charge on any atom is -0.480 e. The predicted octanol–water partition coefficient (Wildman–Crippen LogP) is -0.106. The molecule has 3 N–H and O–H groups in total. The van der Waals surface area contributed by atoms with Crippen molar-refractivity contribution in [2.24, 2.45) is 5.92 Å². The van der Waals surface area contributed by atoms with Crippen molar-refractivity contribution in [2.75, 3.05) is 13.1 Å². The van der Waals surface area contributed by atoms with Crippen molar-refractivity contribution < 1.29 is 24.7 Å². The normalized spacial score (nSPS) is 11.4. The number of carboxylic acid groups (broad SMARTS) is 1. The molecular weight excluding hydrogens is 264 g/mol. The molecular formula is C13H16N2O5. The molecule has 7 nitrogen and oxygen atoms in total. The fraction of sp³-hybridized carbons (Fsp3) is 0.308. The first-order valence-corrected chi connectivity index (χ1v) is 5.97. The molecule has 0 fully saturated rings. The highest BCUT2D eigenvalue weighted by Crippen LogP contribution is 2.10. The number of carbonyl (C=O) groups is 3. The fourth-order valence-corrected chi connectivity index (χ4v) is 1.71. The zero-order valence-corrected chi connectivity index (χ0v) is 10.7. The Labute approximate surface area is 115 Å². The van der Waals surface area contributed by atoms with E-state index in [0.29, 0.717) is 5.06 Å². The highest BCUT2D eigenvalue weighted by molar-refractivity contribution is 5.83. The van der Waals surface area contributed by atoms with Crippen molar-refractivity contribution in [1.29, 1.82) is 0 Å². The number of carbonyl (C=O) groups excluding carboxylic acids is 2. The molecule has 1 aromatic rings. The molecule has 20 heavy (non-hydrogen) atoms. The van der Waals surface area contributed by atoms with Gasteiger partial charge in [-0.25, -0.2) is 5.06 Å². The van der Waals surface area contributed by atoms with Gasteiger partial charge in [0.2, 0.25) is 12.3 Å². The molecule has 1 unspecified atom stereocenters. The molecule has 1 rings (SSSR count). The van der Waals surface area contributed by atoms with E-state index >= 15 is 0 Å². The first-order chi connectivity index (χ1) is 9.52. The summed E-state index contributed by atoms with van der Waals surface area (Å²) in [5.41, 5.74) is 0.849. The van der Waals surface area contributed by atoms with Crippen LogP contribution in [0.1, 0.15) is 5.56 Å². The van der Waals surface area contributed by atoms with Crippen LogP contribution in [0, 0.1) is 5.92 Å². The summed E-state index contributed by atoms with van der Waals surface area (Å²) in [6.45, 7) is -0.708. The molecule has 1 aromatic carbocycles. The maximum absolute atomic E-state index is 11.9. The van der Waals surface area contributed by atoms with Crippen LogP contribution in [0.25, 0.3) is 0 Å². The van der Waals surface area contributed by atoms with Gasteiger partial charge in [-0.1, -0.05) is 30.3 Å². The number of rotatable bonds is 8. The molecule has 0 bridgehead atoms. The van der Waals surface area contributed by atoms with Gasteiger partial charge < -0.3 is 10.4 Å². The Morgan fingerprint density at radius 2 is 1.95 bits per heavy atom. The number of carboxylic acids is 1. The average molecular weight is 280 g/mol. The van der Waals surface area contributed by atoms with E-state index in [0.717, 1.165) is 5.56 Å². The number of hydroxylamine groups is 2. The lowest BCUT2D eigenvalue weighted by atomic mass is 9.98. The van der Waals surface area contributed by atoms with E-state index in [9.17, 15) is 19.6 Å². The summed E-state index contributed by atoms with van der Waals surface area (Å²) in [5.74, 6) is -2.42. The molecule has 0 radical (unpaired) electrons. The second-order valence-corrected chi connectivity index (χ2v) is 4.23. The van der Waals surface area contributed by atoms with Crippen LogP contribution in [-0.4, -0.2) is 46.8 Å². The first-order valence-electron chi connectivity index (χ1n) is 5.97. The number of nitrogens with zero attached hydrogens (tertiary/aromatic N) is 1. The number of amides is 2. The van der Waals surface area contributed by atoms with Gasteiger partial charge in [0.15, 0.2) is 0 Å². The Morgan fingerprint density at radius 3 is 2.50 bits per heavy atom. The van der Waals surface area contributed by atoms with Crippen molar-refractivity contribution in [3.63, 3.8) is 0 Å². The quantitative estimate of drug-likeness (QED) is 0.350. The predicted molar refractivity (Wildman–Crippen MR) is 68.8 cm³/mol. The van der Waals surface area contributed by atoms with E-state index in [4.69, 9.17) is 5.11 Å². The molecule has 0 heterocycles. The molecule has 2 amide bonds. The van der Waals surface area contributed by atoms with Crippen LogP contribution >= 0.6 is 0 Å². The van der Waals surface area contributed by atoms with Gasteiger partial charge in [0.1, 0.15) is 6.54 Å². The summed E-state index contributed by atoms with van der Waals surface area (Å²) in [5, 5.41) is 20.3. The molecule has 0 aliphatic rings. The summed E-state index contributed by atoms with van der Waals surface area (Å²) in [6, 6.07) is 9.04. The lowest BCUT2D eigenvalue weighted by Gasteiger charge is -2.19. The summed E-state index contributed by atoms with van der Waals surface area (Å²) in [4.78, 5) is 32.7. The van der Waals surface area contributed by atoms with Gasteiger partial charge in [-0.15, -0.1) is 0 Å². The SMILES string of the molecule is O=CN(O)CC(Cc1ccccc1)C(=O)NCC(=O)O. The third kappa shape index (κ3) is 5.49. The van der Waals surface area contributed by atoms with E-state index in [2.05, 4.69) is 5.32 Å². The number of hydrogen-bond donors (Lipinski definition) is 3. The van der Waals surface area contributed by atoms with Gasteiger partial charge in [-0.3, -0.25) is 19.6 Å². The van der Waals surface area contributed by atoms with Crippen LogP contribution in [0.15, 0.2) is 30.3 Å². The van der Waals surface area contributed by atoms with E-state index in [-0.39, 0.29) is 19.4 Å². The highest BCUT2D eigenvalue weighted by Gasteiger charge is 2.21. The van der Waals surface area contributed by atoms with Crippen molar-refractivity contribution in [2.45, 2.75) is 6.42 Å². The van der Waals surface area contributed by atoms with E-state index in [1.807, 2.05) is 6.07 Å². The molecule has 0 aromatic heterocycles. The maximum Gasteiger partial charge on any atom is 0.322 e. The lowest BCUT2D eigenvalue weighted by Crippen LogP contribution is -2.40. The second-order valence-electron chi connectivity index (χ2n) is 4.23. The Morgan fingerprint density at radius 1 is 1.30 bits per heavy atom. The Balaban J connectivity index is 2.71. The number of hydrogen-bond acceptors (Lipinski definition) is 4. The Hall–Kier alpha value is -2.41. The van der Waals surface area contributed by atoms with Crippen LogP contribution < -0.4 is 5.32 Å². The van der Waals surface area contributed by atoms with Gasteiger partial charge in [-0.2, -0.15) is 0 Å². The summed E-state index contributed by atoms with van der Waals surface area (Å²) >= 11 is 0. The van der Waals surface area contributed by atoms with Crippen LogP contribution in [-0.2, 0) is 20.8 Å². The molecule has 108 valence electrons.